The van der Waals surface area contributed by atoms with Gasteiger partial charge in [0.2, 0.25) is 5.69 Å². The first-order valence-electron chi connectivity index (χ1n) is 16.9. The number of benzene rings is 2. The Morgan fingerprint density at radius 1 is 1.11 bits per heavy atom. The molecule has 0 amide bonds. The highest BCUT2D eigenvalue weighted by atomic mass is 32.2. The summed E-state index contributed by atoms with van der Waals surface area (Å²) in [5.74, 6) is 1.12. The minimum atomic E-state index is -4.61. The van der Waals surface area contributed by atoms with Gasteiger partial charge in [-0.15, -0.1) is 0 Å². The van der Waals surface area contributed by atoms with E-state index in [0.29, 0.717) is 13.0 Å². The summed E-state index contributed by atoms with van der Waals surface area (Å²) in [4.78, 5) is 13.3. The Hall–Kier alpha value is -3.69. The number of nitrogens with zero attached hydrogens (tertiary/aromatic N) is 2. The third kappa shape index (κ3) is 6.44. The molecule has 4 heterocycles. The van der Waals surface area contributed by atoms with Crippen molar-refractivity contribution < 1.29 is 32.2 Å². The fraction of sp³-hybridized carbons (Fsp3) is 0.474. The minimum Gasteiger partial charge on any atom is -0.744 e. The lowest BCUT2D eigenvalue weighted by Gasteiger charge is -2.40. The van der Waals surface area contributed by atoms with E-state index >= 15 is 0 Å². The minimum absolute atomic E-state index is 0.134. The second-order valence-electron chi connectivity index (χ2n) is 14.8. The number of carboxylic acids is 1. The second-order valence-corrected chi connectivity index (χ2v) is 16.2. The number of fused-ring (bicyclic) bond motifs is 3. The number of hydrogen-bond donors (Lipinski definition) is 1. The molecule has 8 nitrogen and oxygen atoms in total. The second kappa shape index (κ2) is 12.4. The van der Waals surface area contributed by atoms with Crippen molar-refractivity contribution in [2.75, 3.05) is 24.5 Å². The normalized spacial score (nSPS) is 19.4. The molecular formula is C38H46N2O6S. The smallest absolute Gasteiger partial charge is 0.303 e. The number of unbranched alkanes of at least 4 members (excludes halogenated alkanes) is 2. The zero-order valence-electron chi connectivity index (χ0n) is 28.2. The van der Waals surface area contributed by atoms with Crippen LogP contribution < -0.4 is 9.64 Å². The van der Waals surface area contributed by atoms with Crippen LogP contribution in [0.1, 0.15) is 95.4 Å². The van der Waals surface area contributed by atoms with Gasteiger partial charge in [0.15, 0.2) is 5.71 Å². The molecule has 2 aromatic rings. The maximum atomic E-state index is 11.9. The van der Waals surface area contributed by atoms with Gasteiger partial charge in [-0.2, -0.15) is 4.58 Å². The lowest BCUT2D eigenvalue weighted by molar-refractivity contribution is -0.438. The SMILES string of the molecule is CC(C)(C)C1=CC(=CC=CC2=[N+](CCCCCC(=O)O)c3ccc(S(=O)(=O)[O-])cc3C2(C)C)c2cc3c4c(c2O1)CCCN4CCC3. The zero-order chi connectivity index (χ0) is 33.7. The van der Waals surface area contributed by atoms with Crippen LogP contribution >= 0.6 is 0 Å². The number of aryl methyl sites for hydroxylation is 1. The molecule has 0 unspecified atom stereocenters. The molecule has 0 radical (unpaired) electrons. The first-order valence-corrected chi connectivity index (χ1v) is 18.3. The lowest BCUT2D eigenvalue weighted by Crippen LogP contribution is -2.35. The molecule has 4 aliphatic heterocycles. The molecule has 0 saturated heterocycles. The molecule has 2 aromatic carbocycles. The van der Waals surface area contributed by atoms with Crippen LogP contribution in [0.25, 0.3) is 5.57 Å². The van der Waals surface area contributed by atoms with E-state index in [9.17, 15) is 17.8 Å². The summed E-state index contributed by atoms with van der Waals surface area (Å²) in [6.45, 7) is 13.5. The topological polar surface area (TPSA) is 110 Å². The maximum Gasteiger partial charge on any atom is 0.303 e. The fourth-order valence-corrected chi connectivity index (χ4v) is 8.04. The quantitative estimate of drug-likeness (QED) is 0.171. The zero-order valence-corrected chi connectivity index (χ0v) is 29.0. The monoisotopic (exact) mass is 658 g/mol. The summed E-state index contributed by atoms with van der Waals surface area (Å²) < 4.78 is 44.8. The van der Waals surface area contributed by atoms with Gasteiger partial charge >= 0.3 is 5.97 Å². The molecule has 0 atom stereocenters. The number of aliphatic carboxylic acids is 1. The van der Waals surface area contributed by atoms with Crippen molar-refractivity contribution in [1.82, 2.24) is 0 Å². The van der Waals surface area contributed by atoms with E-state index in [0.717, 1.165) is 91.2 Å². The highest BCUT2D eigenvalue weighted by molar-refractivity contribution is 7.85. The Kier molecular flexibility index (Phi) is 8.76. The molecule has 0 saturated carbocycles. The summed E-state index contributed by atoms with van der Waals surface area (Å²) >= 11 is 0. The van der Waals surface area contributed by atoms with E-state index in [1.165, 1.54) is 28.9 Å². The van der Waals surface area contributed by atoms with E-state index in [2.05, 4.69) is 74.5 Å². The van der Waals surface area contributed by atoms with Gasteiger partial charge in [0.1, 0.15) is 28.2 Å². The fourth-order valence-electron chi connectivity index (χ4n) is 7.54. The van der Waals surface area contributed by atoms with E-state index in [1.54, 1.807) is 6.07 Å². The Bertz CT molecular complexity index is 1850. The number of hydrogen-bond acceptors (Lipinski definition) is 6. The van der Waals surface area contributed by atoms with Gasteiger partial charge in [0.25, 0.3) is 0 Å². The van der Waals surface area contributed by atoms with Crippen molar-refractivity contribution in [2.45, 2.75) is 96.3 Å². The van der Waals surface area contributed by atoms with Crippen LogP contribution in [0, 0.1) is 5.41 Å². The standard InChI is InChI=1S/C38H46N2O6S/c1-37(2,3)33-23-25(29-22-26-13-10-19-39-20-11-14-28(35(26)39)36(29)46-33)12-9-15-32-38(4,5)30-24-27(47(43,44)45)17-18-31(30)40(32)21-8-6-7-16-34(41)42/h9,12,15,17-18,22-24H,6-8,10-11,13-14,16,19-21H2,1-5H3,(H-,41,42,43,44,45). The number of rotatable bonds is 9. The third-order valence-corrected chi connectivity index (χ3v) is 10.8. The largest absolute Gasteiger partial charge is 0.744 e. The van der Waals surface area contributed by atoms with Crippen molar-refractivity contribution in [3.05, 3.63) is 76.6 Å². The summed E-state index contributed by atoms with van der Waals surface area (Å²) in [6, 6.07) is 6.95. The van der Waals surface area contributed by atoms with E-state index in [1.807, 2.05) is 0 Å². The molecule has 0 bridgehead atoms. The van der Waals surface area contributed by atoms with Gasteiger partial charge in [0, 0.05) is 65.9 Å². The predicted octanol–water partition coefficient (Wildman–Crippen LogP) is 7.27. The molecule has 0 aliphatic carbocycles. The summed E-state index contributed by atoms with van der Waals surface area (Å²) in [7, 11) is -4.61. The van der Waals surface area contributed by atoms with Crippen LogP contribution in [0.15, 0.2) is 59.2 Å². The third-order valence-electron chi connectivity index (χ3n) is 9.98. The number of allylic oxidation sites excluding steroid dienone is 6. The molecule has 1 N–H and O–H groups in total. The molecular weight excluding hydrogens is 612 g/mol. The van der Waals surface area contributed by atoms with Crippen molar-refractivity contribution in [2.24, 2.45) is 5.41 Å². The molecule has 0 fully saturated rings. The molecule has 250 valence electrons. The van der Waals surface area contributed by atoms with E-state index in [4.69, 9.17) is 9.84 Å². The van der Waals surface area contributed by atoms with Crippen molar-refractivity contribution in [3.63, 3.8) is 0 Å². The molecule has 0 aromatic heterocycles. The number of anilines is 1. The first-order chi connectivity index (χ1) is 22.2. The highest BCUT2D eigenvalue weighted by Gasteiger charge is 2.44. The Balaban J connectivity index is 1.41. The predicted molar refractivity (Wildman–Crippen MR) is 184 cm³/mol. The number of carboxylic acid groups (broad SMARTS) is 1. The van der Waals surface area contributed by atoms with Crippen molar-refractivity contribution in [1.29, 1.82) is 0 Å². The Morgan fingerprint density at radius 2 is 1.85 bits per heavy atom. The van der Waals surface area contributed by atoms with E-state index < -0.39 is 21.5 Å². The van der Waals surface area contributed by atoms with Gasteiger partial charge in [-0.05, 0) is 87.8 Å². The van der Waals surface area contributed by atoms with Gasteiger partial charge in [-0.3, -0.25) is 4.79 Å². The van der Waals surface area contributed by atoms with Crippen LogP contribution in [0.3, 0.4) is 0 Å². The average molecular weight is 659 g/mol. The van der Waals surface area contributed by atoms with E-state index in [-0.39, 0.29) is 16.7 Å². The molecule has 47 heavy (non-hydrogen) atoms. The molecule has 9 heteroatoms. The first kappa shape index (κ1) is 33.2. The van der Waals surface area contributed by atoms with Crippen LogP contribution in [0.4, 0.5) is 11.4 Å². The van der Waals surface area contributed by atoms with Crippen LogP contribution in [-0.4, -0.2) is 54.0 Å². The summed E-state index contributed by atoms with van der Waals surface area (Å²) in [6.07, 6.45) is 15.1. The van der Waals surface area contributed by atoms with Gasteiger partial charge in [-0.25, -0.2) is 8.42 Å². The Morgan fingerprint density at radius 3 is 2.55 bits per heavy atom. The number of carbonyl (C=O) groups is 1. The van der Waals surface area contributed by atoms with Gasteiger partial charge in [-0.1, -0.05) is 32.9 Å². The lowest BCUT2D eigenvalue weighted by atomic mass is 9.81. The van der Waals surface area contributed by atoms with Crippen molar-refractivity contribution in [3.8, 4) is 5.75 Å². The highest BCUT2D eigenvalue weighted by Crippen LogP contribution is 2.49. The average Bonchev–Trinajstić information content (AvgIpc) is 3.21. The maximum absolute atomic E-state index is 11.9. The Labute approximate surface area is 278 Å². The van der Waals surface area contributed by atoms with Crippen molar-refractivity contribution >= 4 is 38.7 Å². The van der Waals surface area contributed by atoms with Gasteiger partial charge in [0.05, 0.1) is 10.3 Å². The number of ether oxygens (including phenoxy) is 1. The molecule has 6 rings (SSSR count). The van der Waals surface area contributed by atoms with Gasteiger partial charge < -0.3 is 19.3 Å². The summed E-state index contributed by atoms with van der Waals surface area (Å²) in [5, 5.41) is 9.07. The summed E-state index contributed by atoms with van der Waals surface area (Å²) in [5.41, 5.74) is 8.23. The molecule has 0 spiro atoms. The van der Waals surface area contributed by atoms with Crippen LogP contribution in [-0.2, 0) is 33.2 Å². The molecule has 4 aliphatic rings. The van der Waals surface area contributed by atoms with Crippen LogP contribution in [0.2, 0.25) is 0 Å². The van der Waals surface area contributed by atoms with Crippen LogP contribution in [0.5, 0.6) is 5.75 Å².